The van der Waals surface area contributed by atoms with E-state index in [0.29, 0.717) is 0 Å². The first-order valence-corrected chi connectivity index (χ1v) is 48.8. The average molecular weight is 1600 g/mol. The minimum absolute atomic E-state index is 0.988. The van der Waals surface area contributed by atoms with Gasteiger partial charge in [-0.05, 0) is 0 Å². The zero-order chi connectivity index (χ0) is 117. The van der Waals surface area contributed by atoms with Gasteiger partial charge in [0, 0.05) is 0 Å². The van der Waals surface area contributed by atoms with Gasteiger partial charge in [-0.25, -0.2) is 0 Å². The first-order chi connectivity index (χ1) is 67.4. The molecule has 0 saturated heterocycles. The normalized spacial score (nSPS) is 9.92. The Morgan fingerprint density at radius 1 is 0.0743 bits per heavy atom. The summed E-state index contributed by atoms with van der Waals surface area (Å²) in [4.78, 5) is 6.38. The summed E-state index contributed by atoms with van der Waals surface area (Å²) >= 11 is 0. The molecule has 0 unspecified atom stereocenters. The molecule has 148 heavy (non-hydrogen) atoms. The van der Waals surface area contributed by atoms with Crippen LogP contribution in [-0.4, -0.2) is 1040 Å². The second-order valence-corrected chi connectivity index (χ2v) is 41.8. The number of nitrogens with zero attached hydrogens (tertiary/aromatic N) is 1. The molecule has 0 aromatic heterocycles. The molecule has 0 atom stereocenters. The maximum atomic E-state index is 7.67. The number of rotatable bonds is 72. The van der Waals surface area contributed by atoms with E-state index in [1.165, 1.54) is 0 Å². The average Bonchev–Trinajstić information content (AvgIpc) is 0.706. The Kier molecular flexibility index (Phi) is 77.6. The molecule has 0 amide bonds. The fourth-order valence-corrected chi connectivity index (χ4v) is 26.4. The van der Waals surface area contributed by atoms with Gasteiger partial charge < -0.3 is 0 Å². The molecule has 0 saturated carbocycles. The maximum absolute atomic E-state index is 7.67. The first-order valence-electron chi connectivity index (χ1n) is 48.8. The summed E-state index contributed by atoms with van der Waals surface area (Å²) in [6.45, 7) is -1.94. The molecule has 148 radical (unpaired) electrons. The molecule has 0 aromatic rings. The predicted molar refractivity (Wildman–Crippen MR) is 848 cm³/mol. The quantitative estimate of drug-likeness (QED) is 0.0538. The summed E-state index contributed by atoms with van der Waals surface area (Å²) in [6, 6.07) is 0. The Morgan fingerprint density at radius 2 is 0.142 bits per heavy atom. The van der Waals surface area contributed by atoms with Crippen molar-refractivity contribution in [1.29, 1.82) is 0 Å². The van der Waals surface area contributed by atoms with E-state index >= 15 is 0 Å². The molecule has 148 heteroatoms. The van der Waals surface area contributed by atoms with Crippen LogP contribution in [0.1, 0.15) is 0 Å². The van der Waals surface area contributed by atoms with Crippen LogP contribution in [0.3, 0.4) is 0 Å². The van der Waals surface area contributed by atoms with Crippen molar-refractivity contribution < 1.29 is 0 Å². The third-order valence-corrected chi connectivity index (χ3v) is 31.4. The topological polar surface area (TPSA) is 12.4 Å². The van der Waals surface area contributed by atoms with Crippen LogP contribution in [0.25, 0.3) is 0 Å². The van der Waals surface area contributed by atoms with Crippen molar-refractivity contribution in [3.63, 3.8) is 0 Å². The second-order valence-electron chi connectivity index (χ2n) is 41.8. The molecule has 0 rings (SSSR count). The van der Waals surface area contributed by atoms with Gasteiger partial charge in [0.2, 0.25) is 0 Å². The minimum atomic E-state index is -2.93. The third-order valence-electron chi connectivity index (χ3n) is 31.4. The molecule has 0 aliphatic carbocycles. The Morgan fingerprint density at radius 3 is 0.236 bits per heavy atom. The van der Waals surface area contributed by atoms with Gasteiger partial charge in [-0.2, -0.15) is 0 Å². The molecule has 0 bridgehead atoms. The van der Waals surface area contributed by atoms with E-state index in [2.05, 4.69) is 0 Å². The monoisotopic (exact) mass is 1630 g/mol. The van der Waals surface area contributed by atoms with Gasteiger partial charge in [0.05, 0.1) is 0 Å². The van der Waals surface area contributed by atoms with Crippen LogP contribution >= 0.6 is 0 Å². The zero-order valence-electron chi connectivity index (χ0n) is 85.3. The van der Waals surface area contributed by atoms with E-state index in [9.17, 15) is 0 Å². The van der Waals surface area contributed by atoms with Gasteiger partial charge in [0.25, 0.3) is 0 Å². The zero-order valence-corrected chi connectivity index (χ0v) is 85.3. The van der Waals surface area contributed by atoms with Gasteiger partial charge in [-0.1, -0.05) is 0 Å². The van der Waals surface area contributed by atoms with Crippen LogP contribution in [-0.2, 0) is 0 Å². The number of hydrogen-bond donors (Lipinski definition) is 0. The van der Waals surface area contributed by atoms with Crippen molar-refractivity contribution in [2.45, 2.75) is 0 Å². The van der Waals surface area contributed by atoms with Gasteiger partial charge in [0.15, 0.2) is 0 Å². The van der Waals surface area contributed by atoms with E-state index < -0.39 is 460 Å². The summed E-state index contributed by atoms with van der Waals surface area (Å²) in [5, 5.41) is 0. The van der Waals surface area contributed by atoms with E-state index in [1.54, 1.807) is 0 Å². The van der Waals surface area contributed by atoms with E-state index in [4.69, 9.17) is 577 Å². The van der Waals surface area contributed by atoms with Crippen LogP contribution in [0.5, 0.6) is 0 Å². The van der Waals surface area contributed by atoms with Gasteiger partial charge in [0.1, 0.15) is 0 Å². The Hall–Kier alpha value is 9.35. The van der Waals surface area contributed by atoms with Crippen LogP contribution in [0.2, 0.25) is 0 Å². The van der Waals surface area contributed by atoms with Crippen molar-refractivity contribution in [2.75, 3.05) is 0 Å². The van der Waals surface area contributed by atoms with E-state index in [-0.39, 0.29) is 0 Å². The second kappa shape index (κ2) is 73.0. The van der Waals surface area contributed by atoms with E-state index in [1.807, 2.05) is 0 Å². The Labute approximate surface area is 1030 Å². The molecule has 0 aliphatic rings. The molecule has 0 fully saturated rings. The van der Waals surface area contributed by atoms with Gasteiger partial charge in [-0.3, -0.25) is 0 Å². The fourth-order valence-electron chi connectivity index (χ4n) is 26.4. The number of hydrogen-bond acceptors (Lipinski definition) is 1. The summed E-state index contributed by atoms with van der Waals surface area (Å²) in [6.07, 6.45) is -153. The molecule has 1 nitrogen and oxygen atoms in total. The molecule has 0 aliphatic heterocycles. The molecule has 0 heterocycles. The molecule has 0 aromatic carbocycles. The van der Waals surface area contributed by atoms with Crippen molar-refractivity contribution in [2.24, 2.45) is 4.81 Å². The first kappa shape index (κ1) is 157. The fraction of sp³-hybridized carbons (Fsp3) is 0. The van der Waals surface area contributed by atoms with Crippen molar-refractivity contribution in [1.82, 2.24) is 0 Å². The summed E-state index contributed by atoms with van der Waals surface area (Å²) < 4.78 is 0. The molecule has 446 valence electrons. The predicted octanol–water partition coefficient (Wildman–Crippen LogP) is -55.8. The van der Waals surface area contributed by atoms with Crippen LogP contribution < -0.4 is 0 Å². The van der Waals surface area contributed by atoms with Crippen LogP contribution in [0.15, 0.2) is 4.81 Å². The van der Waals surface area contributed by atoms with Crippen molar-refractivity contribution >= 4 is 1040 Å². The van der Waals surface area contributed by atoms with E-state index in [0.717, 1.165) is 6.96 Å². The molecular weight excluding hydrogens is 1600 g/mol. The molecule has 0 spiro atoms. The van der Waals surface area contributed by atoms with Crippen molar-refractivity contribution in [3.8, 4) is 0 Å². The van der Waals surface area contributed by atoms with Crippen LogP contribution in [0.4, 0.5) is 0 Å². The summed E-state index contributed by atoms with van der Waals surface area (Å²) in [5.41, 5.74) is 0. The SMILES string of the molecule is [B]B([B])B(B([B])[B])B(B([B])[B])B(B(B([B])[B])B([B])[B])B(B(N=BB(B(B(B(B([B])[B])B([B])[B])B(B([B])[B])B([B])[B])B(B(B([B])[B])B([B])[B])B(B([B])[B])B([B])[B])B(B(B(B([B])[B])B([B])[B])B(B([B])[B])B([B])[B])B(B(B([B])[B])B([B])[B])B(B([B])[B])B([B])[B])B(B(B(B([B])[B])B([B])[B])B(B([B])[B])B([B])[B])B(B(B([B])[B])B([B])[B])B(B([B])[B])B([B])[B])B(B(B(B([B])[B])B([B])[B])B(B([B])[B])B([B])[B])B(B(B([B])[B])B([B])[B])B(B([B])[B])B([B])[B]. The molecule has 0 N–H and O–H groups in total. The molecular formula is B147N. The summed E-state index contributed by atoms with van der Waals surface area (Å²) in [7, 11) is 546. The van der Waals surface area contributed by atoms with Crippen molar-refractivity contribution in [3.05, 3.63) is 0 Å². The Balaban J connectivity index is 17.6. The summed E-state index contributed by atoms with van der Waals surface area (Å²) in [5.74, 6) is 0. The standard InChI is InChI=1S/B147N/c1-76(2)114(77(3)4)132(112(73)74)143(131(110(69)70)111(71)72)146(144(139(123(94(37)38)95(39)40)124(96(41)42)97(43)44)140(125(98(45)46)99(47)48)126(100(49)50)101(51)52)147(145(141(127(102(53)54)103(55)56)128(104(57)58)105(59)60)142(129(106(61)62)107(63)64)130(108(65)66)109(67)68)148-75-113(133(135(115(78(5)6)79(7)8)116(80(9)10)81(11)12)136(117(82(13)14)83(15)16)118(84(17)18)85(19)20)134(137(119(86(21)22)87(23)24)120(88(25)26)89(27)28)138(121(90(29)30)91(31)32)122(92(33)34)93(35)36. The van der Waals surface area contributed by atoms with Crippen LogP contribution in [0, 0.1) is 0 Å². The van der Waals surface area contributed by atoms with Gasteiger partial charge >= 0.3 is 1040 Å². The third kappa shape index (κ3) is 42.7. The Bertz CT molecular complexity index is 2800. The van der Waals surface area contributed by atoms with Gasteiger partial charge in [-0.15, -0.1) is 0 Å².